The molecule has 0 radical (unpaired) electrons. The van der Waals surface area contributed by atoms with Crippen LogP contribution in [0.3, 0.4) is 0 Å². The Kier molecular flexibility index (Phi) is 7.22. The number of rotatable bonds is 7. The smallest absolute Gasteiger partial charge is 0.337 e. The quantitative estimate of drug-likeness (QED) is 0.599. The van der Waals surface area contributed by atoms with Crippen molar-refractivity contribution >= 4 is 33.6 Å². The number of carbonyl (C=O) groups is 3. The molecular formula is C22H24N2O8S. The first-order chi connectivity index (χ1) is 15.7. The molecule has 10 nitrogen and oxygen atoms in total. The standard InChI is InChI=1S/C22H24N2O8S/c1-4-9-23-20(25)19-13-24(17-7-5-6-8-18(17)32-19)33(28,29)16-11-14(21(26)30-2)10-15(12-16)22(27)31-3/h5-8,10-12,19H,4,9,13H2,1-3H3,(H,23,25). The molecule has 1 N–H and O–H groups in total. The molecular weight excluding hydrogens is 452 g/mol. The zero-order valence-corrected chi connectivity index (χ0v) is 19.2. The Morgan fingerprint density at radius 1 is 1.06 bits per heavy atom. The van der Waals surface area contributed by atoms with E-state index < -0.39 is 34.0 Å². The summed E-state index contributed by atoms with van der Waals surface area (Å²) in [4.78, 5) is 36.5. The van der Waals surface area contributed by atoms with Crippen molar-refractivity contribution < 1.29 is 37.0 Å². The first kappa shape index (κ1) is 24.1. The number of carbonyl (C=O) groups excluding carboxylic acids is 3. The maximum atomic E-state index is 13.7. The minimum Gasteiger partial charge on any atom is -0.476 e. The average molecular weight is 477 g/mol. The molecule has 1 heterocycles. The van der Waals surface area contributed by atoms with Gasteiger partial charge in [-0.2, -0.15) is 0 Å². The van der Waals surface area contributed by atoms with Crippen molar-refractivity contribution in [2.24, 2.45) is 0 Å². The molecule has 0 spiro atoms. The number of benzene rings is 2. The van der Waals surface area contributed by atoms with Gasteiger partial charge in [0.1, 0.15) is 5.75 Å². The molecule has 0 aliphatic carbocycles. The van der Waals surface area contributed by atoms with Crippen LogP contribution in [0.4, 0.5) is 5.69 Å². The first-order valence-electron chi connectivity index (χ1n) is 10.1. The van der Waals surface area contributed by atoms with E-state index in [2.05, 4.69) is 14.8 Å². The summed E-state index contributed by atoms with van der Waals surface area (Å²) in [5.74, 6) is -1.89. The minimum atomic E-state index is -4.33. The Labute approximate surface area is 191 Å². The van der Waals surface area contributed by atoms with E-state index in [0.717, 1.165) is 30.7 Å². The third-order valence-electron chi connectivity index (χ3n) is 4.91. The second-order valence-corrected chi connectivity index (χ2v) is 8.99. The summed E-state index contributed by atoms with van der Waals surface area (Å²) < 4.78 is 43.5. The number of nitrogens with one attached hydrogen (secondary N) is 1. The SMILES string of the molecule is CCCNC(=O)C1CN(S(=O)(=O)c2cc(C(=O)OC)cc(C(=O)OC)c2)c2ccccc2O1. The van der Waals surface area contributed by atoms with E-state index in [0.29, 0.717) is 13.0 Å². The van der Waals surface area contributed by atoms with Crippen LogP contribution >= 0.6 is 0 Å². The summed E-state index contributed by atoms with van der Waals surface area (Å²) in [6.45, 7) is 2.00. The molecule has 2 aromatic carbocycles. The van der Waals surface area contributed by atoms with Crippen molar-refractivity contribution in [2.45, 2.75) is 24.3 Å². The molecule has 0 saturated carbocycles. The van der Waals surface area contributed by atoms with E-state index in [9.17, 15) is 22.8 Å². The van der Waals surface area contributed by atoms with Crippen LogP contribution in [0, 0.1) is 0 Å². The lowest BCUT2D eigenvalue weighted by molar-refractivity contribution is -0.127. The normalized spacial score (nSPS) is 15.1. The van der Waals surface area contributed by atoms with Crippen LogP contribution in [0.5, 0.6) is 5.75 Å². The van der Waals surface area contributed by atoms with Crippen LogP contribution in [0.2, 0.25) is 0 Å². The Morgan fingerprint density at radius 2 is 1.67 bits per heavy atom. The number of hydrogen-bond donors (Lipinski definition) is 1. The second-order valence-electron chi connectivity index (χ2n) is 7.13. The highest BCUT2D eigenvalue weighted by molar-refractivity contribution is 7.92. The molecule has 33 heavy (non-hydrogen) atoms. The molecule has 1 atom stereocenters. The van der Waals surface area contributed by atoms with Crippen molar-refractivity contribution in [3.05, 3.63) is 53.6 Å². The van der Waals surface area contributed by atoms with Crippen molar-refractivity contribution in [3.8, 4) is 5.75 Å². The number of methoxy groups -OCH3 is 2. The Hall–Kier alpha value is -3.60. The van der Waals surface area contributed by atoms with Gasteiger partial charge in [0.15, 0.2) is 6.10 Å². The molecule has 1 unspecified atom stereocenters. The highest BCUT2D eigenvalue weighted by Crippen LogP contribution is 2.37. The summed E-state index contributed by atoms with van der Waals surface area (Å²) >= 11 is 0. The summed E-state index contributed by atoms with van der Waals surface area (Å²) in [5.41, 5.74) is -0.0596. The maximum Gasteiger partial charge on any atom is 0.337 e. The third-order valence-corrected chi connectivity index (χ3v) is 6.67. The van der Waals surface area contributed by atoms with Gasteiger partial charge in [-0.1, -0.05) is 19.1 Å². The molecule has 1 amide bonds. The van der Waals surface area contributed by atoms with Gasteiger partial charge in [-0.3, -0.25) is 9.10 Å². The molecule has 1 aliphatic heterocycles. The largest absolute Gasteiger partial charge is 0.476 e. The van der Waals surface area contributed by atoms with Gasteiger partial charge in [-0.25, -0.2) is 18.0 Å². The van der Waals surface area contributed by atoms with Gasteiger partial charge in [0.05, 0.1) is 42.5 Å². The number of para-hydroxylation sites is 2. The fraction of sp³-hybridized carbons (Fsp3) is 0.318. The van der Waals surface area contributed by atoms with Gasteiger partial charge >= 0.3 is 11.9 Å². The van der Waals surface area contributed by atoms with E-state index in [-0.39, 0.29) is 34.0 Å². The zero-order valence-electron chi connectivity index (χ0n) is 18.4. The van der Waals surface area contributed by atoms with Crippen LogP contribution in [0.15, 0.2) is 47.4 Å². The van der Waals surface area contributed by atoms with Crippen molar-refractivity contribution in [1.82, 2.24) is 5.32 Å². The van der Waals surface area contributed by atoms with Crippen LogP contribution in [-0.4, -0.2) is 59.7 Å². The molecule has 11 heteroatoms. The number of fused-ring (bicyclic) bond motifs is 1. The fourth-order valence-electron chi connectivity index (χ4n) is 3.28. The topological polar surface area (TPSA) is 128 Å². The van der Waals surface area contributed by atoms with Gasteiger partial charge in [0.25, 0.3) is 15.9 Å². The number of amides is 1. The highest BCUT2D eigenvalue weighted by atomic mass is 32.2. The lowest BCUT2D eigenvalue weighted by Gasteiger charge is -2.34. The van der Waals surface area contributed by atoms with Crippen LogP contribution < -0.4 is 14.4 Å². The first-order valence-corrected chi connectivity index (χ1v) is 11.5. The maximum absolute atomic E-state index is 13.7. The summed E-state index contributed by atoms with van der Waals surface area (Å²) in [7, 11) is -2.06. The number of sulfonamides is 1. The number of esters is 2. The van der Waals surface area contributed by atoms with Crippen LogP contribution in [0.1, 0.15) is 34.1 Å². The predicted octanol–water partition coefficient (Wildman–Crippen LogP) is 1.74. The van der Waals surface area contributed by atoms with E-state index in [1.165, 1.54) is 6.07 Å². The zero-order chi connectivity index (χ0) is 24.2. The summed E-state index contributed by atoms with van der Waals surface area (Å²) in [5, 5.41) is 2.70. The molecule has 176 valence electrons. The predicted molar refractivity (Wildman–Crippen MR) is 118 cm³/mol. The van der Waals surface area contributed by atoms with Crippen LogP contribution in [0.25, 0.3) is 0 Å². The van der Waals surface area contributed by atoms with E-state index in [4.69, 9.17) is 4.74 Å². The minimum absolute atomic E-state index is 0.141. The van der Waals surface area contributed by atoms with Crippen molar-refractivity contribution in [1.29, 1.82) is 0 Å². The Balaban J connectivity index is 2.11. The lowest BCUT2D eigenvalue weighted by atomic mass is 10.1. The average Bonchev–Trinajstić information content (AvgIpc) is 2.84. The molecule has 0 bridgehead atoms. The Bertz CT molecular complexity index is 1140. The summed E-state index contributed by atoms with van der Waals surface area (Å²) in [6, 6.07) is 9.79. The number of nitrogens with zero attached hydrogens (tertiary/aromatic N) is 1. The van der Waals surface area contributed by atoms with Gasteiger partial charge in [-0.05, 0) is 36.8 Å². The molecule has 1 aliphatic rings. The van der Waals surface area contributed by atoms with E-state index >= 15 is 0 Å². The number of anilines is 1. The van der Waals surface area contributed by atoms with Crippen molar-refractivity contribution in [3.63, 3.8) is 0 Å². The fourth-order valence-corrected chi connectivity index (χ4v) is 4.82. The second kappa shape index (κ2) is 9.90. The van der Waals surface area contributed by atoms with Gasteiger partial charge < -0.3 is 19.5 Å². The molecule has 2 aromatic rings. The lowest BCUT2D eigenvalue weighted by Crippen LogP contribution is -2.50. The van der Waals surface area contributed by atoms with Gasteiger partial charge in [-0.15, -0.1) is 0 Å². The van der Waals surface area contributed by atoms with Crippen molar-refractivity contribution in [2.75, 3.05) is 31.6 Å². The number of hydrogen-bond acceptors (Lipinski definition) is 8. The Morgan fingerprint density at radius 3 is 2.24 bits per heavy atom. The molecule has 0 saturated heterocycles. The van der Waals surface area contributed by atoms with Gasteiger partial charge in [0, 0.05) is 6.54 Å². The van der Waals surface area contributed by atoms with Crippen LogP contribution in [-0.2, 0) is 24.3 Å². The summed E-state index contributed by atoms with van der Waals surface area (Å²) in [6.07, 6.45) is -0.390. The monoisotopic (exact) mass is 476 g/mol. The highest BCUT2D eigenvalue weighted by Gasteiger charge is 2.38. The molecule has 0 fully saturated rings. The van der Waals surface area contributed by atoms with E-state index in [1.807, 2.05) is 6.92 Å². The molecule has 3 rings (SSSR count). The molecule has 0 aromatic heterocycles. The van der Waals surface area contributed by atoms with E-state index in [1.54, 1.807) is 24.3 Å². The number of ether oxygens (including phenoxy) is 3. The third kappa shape index (κ3) is 4.92. The van der Waals surface area contributed by atoms with Gasteiger partial charge in [0.2, 0.25) is 0 Å².